The summed E-state index contributed by atoms with van der Waals surface area (Å²) in [5.41, 5.74) is 4.49. The summed E-state index contributed by atoms with van der Waals surface area (Å²) in [6.45, 7) is 9.58. The van der Waals surface area contributed by atoms with E-state index in [9.17, 15) is 13.6 Å². The topological polar surface area (TPSA) is 57.2 Å². The van der Waals surface area contributed by atoms with Gasteiger partial charge in [0.05, 0.1) is 11.3 Å². The number of piperidine rings is 1. The highest BCUT2D eigenvalue weighted by molar-refractivity contribution is 6.09. The number of likely N-dealkylation sites (tertiary alicyclic amines) is 1. The quantitative estimate of drug-likeness (QED) is 0.757. The van der Waals surface area contributed by atoms with Crippen molar-refractivity contribution in [2.75, 3.05) is 24.6 Å². The zero-order chi connectivity index (χ0) is 23.3. The fraction of sp³-hybridized carbons (Fsp3) is 0.360. The van der Waals surface area contributed by atoms with Crippen molar-refractivity contribution in [3.05, 3.63) is 60.3 Å². The first-order valence-electron chi connectivity index (χ1n) is 11.2. The van der Waals surface area contributed by atoms with Gasteiger partial charge < -0.3 is 14.5 Å². The van der Waals surface area contributed by atoms with Gasteiger partial charge in [-0.05, 0) is 66.8 Å². The number of fused-ring (bicyclic) bond motifs is 3. The minimum Gasteiger partial charge on any atom is -0.483 e. The number of ether oxygens (including phenoxy) is 1. The maximum absolute atomic E-state index is 14.9. The number of hydrogen-bond acceptors (Lipinski definition) is 5. The van der Waals surface area contributed by atoms with E-state index in [1.54, 1.807) is 13.0 Å². The number of rotatable bonds is 3. The molecule has 3 atom stereocenters. The maximum Gasteiger partial charge on any atom is 0.262 e. The molecule has 3 aliphatic rings. The van der Waals surface area contributed by atoms with Crippen LogP contribution < -0.4 is 15.1 Å². The molecule has 2 aromatic carbocycles. The first-order valence-corrected chi connectivity index (χ1v) is 11.2. The molecule has 1 N–H and O–H groups in total. The number of hydrazone groups is 1. The van der Waals surface area contributed by atoms with E-state index in [1.807, 2.05) is 17.2 Å². The lowest BCUT2D eigenvalue weighted by atomic mass is 9.78. The molecular formula is C25H26F2N4O2. The van der Waals surface area contributed by atoms with E-state index in [0.29, 0.717) is 22.8 Å². The molecule has 0 aromatic heterocycles. The zero-order valence-corrected chi connectivity index (χ0v) is 18.6. The largest absolute Gasteiger partial charge is 0.483 e. The number of hydrogen-bond donors (Lipinski definition) is 1. The summed E-state index contributed by atoms with van der Waals surface area (Å²) >= 11 is 0. The van der Waals surface area contributed by atoms with Crippen molar-refractivity contribution in [3.8, 4) is 16.9 Å². The van der Waals surface area contributed by atoms with Crippen LogP contribution >= 0.6 is 0 Å². The molecule has 8 heteroatoms. The van der Waals surface area contributed by atoms with Gasteiger partial charge in [-0.3, -0.25) is 4.79 Å². The molecule has 0 spiro atoms. The van der Waals surface area contributed by atoms with Gasteiger partial charge >= 0.3 is 0 Å². The number of amidine groups is 1. The van der Waals surface area contributed by atoms with Crippen molar-refractivity contribution in [1.29, 1.82) is 0 Å². The Morgan fingerprint density at radius 2 is 2.00 bits per heavy atom. The summed E-state index contributed by atoms with van der Waals surface area (Å²) in [7, 11) is 0. The number of amides is 1. The predicted octanol–water partition coefficient (Wildman–Crippen LogP) is 4.23. The molecule has 6 nitrogen and oxygen atoms in total. The summed E-state index contributed by atoms with van der Waals surface area (Å²) in [6, 6.07) is 7.08. The maximum atomic E-state index is 14.9. The van der Waals surface area contributed by atoms with Gasteiger partial charge in [-0.15, -0.1) is 0 Å². The van der Waals surface area contributed by atoms with Crippen molar-refractivity contribution < 1.29 is 18.3 Å². The van der Waals surface area contributed by atoms with Gasteiger partial charge in [0.1, 0.15) is 30.0 Å². The van der Waals surface area contributed by atoms with Gasteiger partial charge in [0, 0.05) is 13.1 Å². The number of halogens is 2. The Hall–Kier alpha value is -3.42. The van der Waals surface area contributed by atoms with Gasteiger partial charge in [0.2, 0.25) is 0 Å². The molecule has 0 aliphatic carbocycles. The molecule has 3 heterocycles. The van der Waals surface area contributed by atoms with E-state index < -0.39 is 17.7 Å². The van der Waals surface area contributed by atoms with Crippen LogP contribution in [-0.2, 0) is 4.79 Å². The minimum atomic E-state index is -0.615. The Bertz CT molecular complexity index is 1150. The van der Waals surface area contributed by atoms with Crippen LogP contribution in [0.4, 0.5) is 14.5 Å². The first kappa shape index (κ1) is 21.4. The van der Waals surface area contributed by atoms with Gasteiger partial charge in [0.15, 0.2) is 5.84 Å². The van der Waals surface area contributed by atoms with Gasteiger partial charge in [-0.1, -0.05) is 19.6 Å². The van der Waals surface area contributed by atoms with Crippen LogP contribution in [0.1, 0.15) is 31.7 Å². The molecule has 0 saturated carbocycles. The molecule has 3 aliphatic heterocycles. The molecule has 5 rings (SSSR count). The van der Waals surface area contributed by atoms with Crippen LogP contribution in [0.2, 0.25) is 0 Å². The lowest BCUT2D eigenvalue weighted by Crippen LogP contribution is -2.55. The average molecular weight is 453 g/mol. The van der Waals surface area contributed by atoms with Crippen molar-refractivity contribution in [2.24, 2.45) is 11.0 Å². The van der Waals surface area contributed by atoms with Crippen LogP contribution in [-0.4, -0.2) is 42.4 Å². The second kappa shape index (κ2) is 8.17. The Kier molecular flexibility index (Phi) is 5.31. The zero-order valence-electron chi connectivity index (χ0n) is 18.6. The van der Waals surface area contributed by atoms with E-state index in [1.165, 1.54) is 18.2 Å². The second-order valence-corrected chi connectivity index (χ2v) is 8.89. The van der Waals surface area contributed by atoms with E-state index in [0.717, 1.165) is 25.1 Å². The van der Waals surface area contributed by atoms with E-state index in [-0.39, 0.29) is 29.9 Å². The highest BCUT2D eigenvalue weighted by Crippen LogP contribution is 2.46. The lowest BCUT2D eigenvalue weighted by Gasteiger charge is -2.41. The predicted molar refractivity (Wildman–Crippen MR) is 123 cm³/mol. The van der Waals surface area contributed by atoms with Gasteiger partial charge in [-0.2, -0.15) is 5.10 Å². The molecule has 0 radical (unpaired) electrons. The van der Waals surface area contributed by atoms with Crippen molar-refractivity contribution in [3.63, 3.8) is 0 Å². The number of carbonyl (C=O) groups is 1. The fourth-order valence-corrected chi connectivity index (χ4v) is 5.17. The van der Waals surface area contributed by atoms with Crippen LogP contribution in [0.25, 0.3) is 11.1 Å². The number of nitrogens with zero attached hydrogens (tertiary/aromatic N) is 3. The summed E-state index contributed by atoms with van der Waals surface area (Å²) < 4.78 is 35.8. The molecular weight excluding hydrogens is 426 g/mol. The number of carbonyl (C=O) groups excluding carboxylic acids is 1. The molecule has 2 aromatic rings. The lowest BCUT2D eigenvalue weighted by molar-refractivity contribution is -0.122. The standard InChI is InChI=1S/C25H26F2N4O2/c1-4-30-9-8-16(14(2)12-30)17-10-21-22(11-18(17)24-19(26)6-5-7-20(24)27)33-13-23-28-29-25(32)15(3)31(21)23/h4-7,10-11,14-16H,1,8-9,12-13H2,2-3H3,(H,29,32). The van der Waals surface area contributed by atoms with Crippen LogP contribution in [0, 0.1) is 17.6 Å². The van der Waals surface area contributed by atoms with Crippen LogP contribution in [0.5, 0.6) is 5.75 Å². The van der Waals surface area contributed by atoms with E-state index in [4.69, 9.17) is 4.74 Å². The Morgan fingerprint density at radius 1 is 1.24 bits per heavy atom. The highest BCUT2D eigenvalue weighted by atomic mass is 19.1. The fourth-order valence-electron chi connectivity index (χ4n) is 5.17. The number of nitrogens with one attached hydrogen (secondary N) is 1. The second-order valence-electron chi connectivity index (χ2n) is 8.89. The third-order valence-electron chi connectivity index (χ3n) is 6.91. The third kappa shape index (κ3) is 3.53. The molecule has 1 amide bonds. The molecule has 1 fully saturated rings. The highest BCUT2D eigenvalue weighted by Gasteiger charge is 2.38. The molecule has 3 unspecified atom stereocenters. The third-order valence-corrected chi connectivity index (χ3v) is 6.91. The Morgan fingerprint density at radius 3 is 2.70 bits per heavy atom. The monoisotopic (exact) mass is 452 g/mol. The SMILES string of the molecule is C=CN1CCC(c2cc3c(cc2-c2c(F)cccc2F)OCC2=NNC(=O)C(C)N23)C(C)C1. The van der Waals surface area contributed by atoms with Crippen molar-refractivity contribution >= 4 is 17.4 Å². The average Bonchev–Trinajstić information content (AvgIpc) is 2.80. The summed E-state index contributed by atoms with van der Waals surface area (Å²) in [5, 5.41) is 4.15. The minimum absolute atomic E-state index is 0.0545. The normalized spacial score (nSPS) is 24.3. The van der Waals surface area contributed by atoms with Gasteiger partial charge in [-0.25, -0.2) is 14.2 Å². The van der Waals surface area contributed by atoms with Crippen LogP contribution in [0.3, 0.4) is 0 Å². The molecule has 33 heavy (non-hydrogen) atoms. The smallest absolute Gasteiger partial charge is 0.262 e. The van der Waals surface area contributed by atoms with E-state index in [2.05, 4.69) is 28.9 Å². The summed E-state index contributed by atoms with van der Waals surface area (Å²) in [4.78, 5) is 16.3. The van der Waals surface area contributed by atoms with Crippen LogP contribution in [0.15, 0.2) is 48.2 Å². The molecule has 0 bridgehead atoms. The molecule has 172 valence electrons. The number of benzene rings is 2. The van der Waals surface area contributed by atoms with Crippen molar-refractivity contribution in [2.45, 2.75) is 32.2 Å². The summed E-state index contributed by atoms with van der Waals surface area (Å²) in [5.74, 6) is -0.0785. The van der Waals surface area contributed by atoms with Crippen molar-refractivity contribution in [1.82, 2.24) is 10.3 Å². The number of anilines is 1. The molecule has 1 saturated heterocycles. The summed E-state index contributed by atoms with van der Waals surface area (Å²) in [6.07, 6.45) is 2.65. The Labute approximate surface area is 191 Å². The first-order chi connectivity index (χ1) is 15.9. The van der Waals surface area contributed by atoms with E-state index >= 15 is 0 Å². The van der Waals surface area contributed by atoms with Gasteiger partial charge in [0.25, 0.3) is 5.91 Å². The Balaban J connectivity index is 1.71.